The number of carbonyl (C=O) groups excluding carboxylic acids is 2. The van der Waals surface area contributed by atoms with E-state index in [4.69, 9.17) is 4.74 Å². The van der Waals surface area contributed by atoms with E-state index in [0.29, 0.717) is 6.42 Å². The number of ether oxygens (including phenoxy) is 1. The second kappa shape index (κ2) is 11.2. The van der Waals surface area contributed by atoms with Crippen molar-refractivity contribution in [2.24, 2.45) is 5.92 Å². The average Bonchev–Trinajstić information content (AvgIpc) is 3.23. The molecule has 0 saturated carbocycles. The highest BCUT2D eigenvalue weighted by atomic mass is 16.5. The van der Waals surface area contributed by atoms with Crippen molar-refractivity contribution >= 4 is 28.9 Å². The van der Waals surface area contributed by atoms with Crippen LogP contribution in [0.25, 0.3) is 10.9 Å². The number of nitrogens with one attached hydrogen (secondary N) is 3. The molecule has 0 radical (unpaired) electrons. The molecule has 0 saturated heterocycles. The normalized spacial score (nSPS) is 13.6. The van der Waals surface area contributed by atoms with Gasteiger partial charge in [-0.25, -0.2) is 9.59 Å². The highest BCUT2D eigenvalue weighted by Crippen LogP contribution is 2.19. The SMILES string of the molecule is CC[C@H](C)[C@H](NC(=O)[C@H](Cc1c[nH]c2ccccc12)NC(=O)OCc1ccccc1)C(=O)O. The largest absolute Gasteiger partial charge is 0.480 e. The van der Waals surface area contributed by atoms with Gasteiger partial charge in [0, 0.05) is 23.5 Å². The van der Waals surface area contributed by atoms with Crippen LogP contribution in [-0.4, -0.2) is 40.1 Å². The van der Waals surface area contributed by atoms with Crippen LogP contribution in [0.5, 0.6) is 0 Å². The molecule has 174 valence electrons. The Bertz CT molecular complexity index is 1100. The van der Waals surface area contributed by atoms with Crippen molar-refractivity contribution < 1.29 is 24.2 Å². The van der Waals surface area contributed by atoms with E-state index in [-0.39, 0.29) is 18.9 Å². The molecule has 4 N–H and O–H groups in total. The topological polar surface area (TPSA) is 121 Å². The lowest BCUT2D eigenvalue weighted by atomic mass is 9.98. The standard InChI is InChI=1S/C25H29N3O5/c1-3-16(2)22(24(30)31)28-23(29)21(13-18-14-26-20-12-8-7-11-19(18)20)27-25(32)33-15-17-9-5-4-6-10-17/h4-12,14,16,21-22,26H,3,13,15H2,1-2H3,(H,27,32)(H,28,29)(H,30,31)/t16-,21-,22-/m0/s1. The smallest absolute Gasteiger partial charge is 0.408 e. The summed E-state index contributed by atoms with van der Waals surface area (Å²) in [6.45, 7) is 3.67. The Balaban J connectivity index is 1.76. The number of aliphatic carboxylic acids is 1. The molecule has 0 bridgehead atoms. The van der Waals surface area contributed by atoms with E-state index in [2.05, 4.69) is 15.6 Å². The van der Waals surface area contributed by atoms with Gasteiger partial charge in [-0.05, 0) is 23.1 Å². The number of benzene rings is 2. The second-order valence-electron chi connectivity index (χ2n) is 8.03. The maximum absolute atomic E-state index is 13.1. The Hall–Kier alpha value is -3.81. The van der Waals surface area contributed by atoms with Crippen molar-refractivity contribution in [2.45, 2.75) is 45.4 Å². The van der Waals surface area contributed by atoms with E-state index in [1.807, 2.05) is 61.5 Å². The minimum atomic E-state index is -1.12. The molecule has 1 heterocycles. The number of carbonyl (C=O) groups is 3. The second-order valence-corrected chi connectivity index (χ2v) is 8.03. The minimum absolute atomic E-state index is 0.0543. The Morgan fingerprint density at radius 1 is 1.03 bits per heavy atom. The Morgan fingerprint density at radius 3 is 2.42 bits per heavy atom. The zero-order valence-corrected chi connectivity index (χ0v) is 18.7. The minimum Gasteiger partial charge on any atom is -0.480 e. The average molecular weight is 452 g/mol. The molecule has 1 aromatic heterocycles. The fourth-order valence-electron chi connectivity index (χ4n) is 3.57. The number of para-hydroxylation sites is 1. The summed E-state index contributed by atoms with van der Waals surface area (Å²) in [6, 6.07) is 14.7. The Morgan fingerprint density at radius 2 is 1.73 bits per heavy atom. The number of carboxylic acids is 1. The molecule has 0 unspecified atom stereocenters. The van der Waals surface area contributed by atoms with Crippen LogP contribution in [0.3, 0.4) is 0 Å². The maximum atomic E-state index is 13.1. The first kappa shape index (κ1) is 23.8. The van der Waals surface area contributed by atoms with Crippen LogP contribution in [-0.2, 0) is 27.4 Å². The summed E-state index contributed by atoms with van der Waals surface area (Å²) in [5.74, 6) is -1.97. The number of H-pyrrole nitrogens is 1. The predicted octanol–water partition coefficient (Wildman–Crippen LogP) is 3.62. The van der Waals surface area contributed by atoms with Gasteiger partial charge in [0.25, 0.3) is 0 Å². The molecule has 8 nitrogen and oxygen atoms in total. The highest BCUT2D eigenvalue weighted by Gasteiger charge is 2.30. The number of hydrogen-bond acceptors (Lipinski definition) is 4. The lowest BCUT2D eigenvalue weighted by Crippen LogP contribution is -2.54. The lowest BCUT2D eigenvalue weighted by Gasteiger charge is -2.24. The third-order valence-electron chi connectivity index (χ3n) is 5.70. The highest BCUT2D eigenvalue weighted by molar-refractivity contribution is 5.91. The van der Waals surface area contributed by atoms with Gasteiger partial charge >= 0.3 is 12.1 Å². The van der Waals surface area contributed by atoms with Crippen LogP contribution in [0.15, 0.2) is 60.8 Å². The molecule has 0 aliphatic rings. The molecule has 3 aromatic rings. The van der Waals surface area contributed by atoms with E-state index in [0.717, 1.165) is 22.0 Å². The van der Waals surface area contributed by atoms with Crippen molar-refractivity contribution in [3.05, 3.63) is 71.9 Å². The van der Waals surface area contributed by atoms with Crippen molar-refractivity contribution in [1.82, 2.24) is 15.6 Å². The molecule has 2 amide bonds. The van der Waals surface area contributed by atoms with Gasteiger partial charge in [-0.2, -0.15) is 0 Å². The first-order valence-electron chi connectivity index (χ1n) is 10.9. The maximum Gasteiger partial charge on any atom is 0.408 e. The van der Waals surface area contributed by atoms with Gasteiger partial charge in [-0.1, -0.05) is 68.8 Å². The summed E-state index contributed by atoms with van der Waals surface area (Å²) < 4.78 is 5.28. The number of hydrogen-bond donors (Lipinski definition) is 4. The number of rotatable bonds is 10. The van der Waals surface area contributed by atoms with Crippen LogP contribution in [0.1, 0.15) is 31.4 Å². The first-order chi connectivity index (χ1) is 15.9. The summed E-state index contributed by atoms with van der Waals surface area (Å²) in [5.41, 5.74) is 2.54. The zero-order valence-electron chi connectivity index (χ0n) is 18.7. The molecule has 0 aliphatic carbocycles. The van der Waals surface area contributed by atoms with Crippen molar-refractivity contribution in [3.63, 3.8) is 0 Å². The molecule has 8 heteroatoms. The Labute approximate surface area is 192 Å². The van der Waals surface area contributed by atoms with Gasteiger partial charge in [-0.15, -0.1) is 0 Å². The van der Waals surface area contributed by atoms with Crippen LogP contribution in [0.2, 0.25) is 0 Å². The molecule has 33 heavy (non-hydrogen) atoms. The van der Waals surface area contributed by atoms with E-state index < -0.39 is 30.1 Å². The molecule has 3 rings (SSSR count). The predicted molar refractivity (Wildman–Crippen MR) is 125 cm³/mol. The summed E-state index contributed by atoms with van der Waals surface area (Å²) in [7, 11) is 0. The van der Waals surface area contributed by atoms with Gasteiger partial charge in [-0.3, -0.25) is 4.79 Å². The van der Waals surface area contributed by atoms with Crippen LogP contribution in [0.4, 0.5) is 4.79 Å². The summed E-state index contributed by atoms with van der Waals surface area (Å²) in [6.07, 6.45) is 1.78. The molecule has 2 aromatic carbocycles. The van der Waals surface area contributed by atoms with Gasteiger partial charge in [0.2, 0.25) is 5.91 Å². The molecule has 3 atom stereocenters. The van der Waals surface area contributed by atoms with E-state index in [1.165, 1.54) is 0 Å². The quantitative estimate of drug-likeness (QED) is 0.375. The van der Waals surface area contributed by atoms with Crippen molar-refractivity contribution in [1.29, 1.82) is 0 Å². The first-order valence-corrected chi connectivity index (χ1v) is 10.9. The lowest BCUT2D eigenvalue weighted by molar-refractivity contribution is -0.143. The number of amides is 2. The van der Waals surface area contributed by atoms with E-state index in [9.17, 15) is 19.5 Å². The Kier molecular flexibility index (Phi) is 8.07. The number of alkyl carbamates (subject to hydrolysis) is 1. The van der Waals surface area contributed by atoms with Gasteiger partial charge in [0.05, 0.1) is 0 Å². The monoisotopic (exact) mass is 451 g/mol. The van der Waals surface area contributed by atoms with Gasteiger partial charge in [0.15, 0.2) is 0 Å². The summed E-state index contributed by atoms with van der Waals surface area (Å²) >= 11 is 0. The fourth-order valence-corrected chi connectivity index (χ4v) is 3.57. The van der Waals surface area contributed by atoms with Gasteiger partial charge in [0.1, 0.15) is 18.7 Å². The number of carboxylic acid groups (broad SMARTS) is 1. The van der Waals surface area contributed by atoms with Crippen molar-refractivity contribution in [3.8, 4) is 0 Å². The molecule has 0 aliphatic heterocycles. The van der Waals surface area contributed by atoms with E-state index >= 15 is 0 Å². The summed E-state index contributed by atoms with van der Waals surface area (Å²) in [4.78, 5) is 40.4. The fraction of sp³-hybridized carbons (Fsp3) is 0.320. The van der Waals surface area contributed by atoms with Crippen LogP contribution in [0, 0.1) is 5.92 Å². The number of aromatic amines is 1. The molecular formula is C25H29N3O5. The number of fused-ring (bicyclic) bond motifs is 1. The zero-order chi connectivity index (χ0) is 23.8. The van der Waals surface area contributed by atoms with Crippen molar-refractivity contribution in [2.75, 3.05) is 0 Å². The molecular weight excluding hydrogens is 422 g/mol. The molecule has 0 spiro atoms. The van der Waals surface area contributed by atoms with Crippen LogP contribution < -0.4 is 10.6 Å². The van der Waals surface area contributed by atoms with Crippen LogP contribution >= 0.6 is 0 Å². The van der Waals surface area contributed by atoms with Gasteiger partial charge < -0.3 is 25.5 Å². The number of aromatic nitrogens is 1. The summed E-state index contributed by atoms with van der Waals surface area (Å²) in [5, 5.41) is 15.7. The third-order valence-corrected chi connectivity index (χ3v) is 5.70. The molecule has 0 fully saturated rings. The van der Waals surface area contributed by atoms with E-state index in [1.54, 1.807) is 13.1 Å². The third kappa shape index (κ3) is 6.35.